The highest BCUT2D eigenvalue weighted by molar-refractivity contribution is 6.30. The van der Waals surface area contributed by atoms with E-state index in [1.165, 1.54) is 6.07 Å². The van der Waals surface area contributed by atoms with Gasteiger partial charge in [-0.3, -0.25) is 4.90 Å². The van der Waals surface area contributed by atoms with Crippen molar-refractivity contribution in [2.45, 2.75) is 13.3 Å². The molecule has 1 saturated heterocycles. The number of nitrogens with one attached hydrogen (secondary N) is 1. The lowest BCUT2D eigenvalue weighted by Gasteiger charge is -2.26. The number of morpholine rings is 1. The molecule has 168 valence electrons. The molecule has 1 aliphatic rings. The SMILES string of the molecule is Cc1ccc(O)c(-c2cc(-c3ccc(Cl)c(F)c3)cc(NCCCN3CCOCC3)n2)c1. The molecule has 7 heteroatoms. The maximum absolute atomic E-state index is 14.1. The van der Waals surface area contributed by atoms with E-state index in [9.17, 15) is 9.50 Å². The molecule has 1 fully saturated rings. The fourth-order valence-electron chi connectivity index (χ4n) is 3.80. The monoisotopic (exact) mass is 455 g/mol. The van der Waals surface area contributed by atoms with Crippen molar-refractivity contribution in [2.75, 3.05) is 44.7 Å². The number of aromatic nitrogens is 1. The number of rotatable bonds is 7. The van der Waals surface area contributed by atoms with Gasteiger partial charge in [-0.1, -0.05) is 29.3 Å². The highest BCUT2D eigenvalue weighted by Gasteiger charge is 2.13. The third-order valence-electron chi connectivity index (χ3n) is 5.57. The van der Waals surface area contributed by atoms with Gasteiger partial charge in [-0.05, 0) is 67.4 Å². The first kappa shape index (κ1) is 22.5. The molecule has 2 aromatic carbocycles. The zero-order valence-corrected chi connectivity index (χ0v) is 18.8. The van der Waals surface area contributed by atoms with Gasteiger partial charge in [-0.25, -0.2) is 9.37 Å². The number of nitrogens with zero attached hydrogens (tertiary/aromatic N) is 2. The third kappa shape index (κ3) is 5.57. The van der Waals surface area contributed by atoms with Crippen LogP contribution in [0.3, 0.4) is 0 Å². The summed E-state index contributed by atoms with van der Waals surface area (Å²) in [6.07, 6.45) is 0.965. The van der Waals surface area contributed by atoms with Gasteiger partial charge in [0.05, 0.1) is 23.9 Å². The Morgan fingerprint density at radius 3 is 2.69 bits per heavy atom. The number of halogens is 2. The molecule has 0 amide bonds. The van der Waals surface area contributed by atoms with E-state index in [0.29, 0.717) is 22.6 Å². The molecular weight excluding hydrogens is 429 g/mol. The van der Waals surface area contributed by atoms with Crippen molar-refractivity contribution in [2.24, 2.45) is 0 Å². The standard InChI is InChI=1S/C25H27ClFN3O2/c1-17-3-6-24(31)20(13-17)23-15-19(18-4-5-21(26)22(27)14-18)16-25(29-23)28-7-2-8-30-9-11-32-12-10-30/h3-6,13-16,31H,2,7-12H2,1H3,(H,28,29). The minimum absolute atomic E-state index is 0.0841. The fourth-order valence-corrected chi connectivity index (χ4v) is 3.92. The van der Waals surface area contributed by atoms with Gasteiger partial charge in [-0.2, -0.15) is 0 Å². The van der Waals surface area contributed by atoms with Gasteiger partial charge in [-0.15, -0.1) is 0 Å². The maximum Gasteiger partial charge on any atom is 0.142 e. The number of ether oxygens (including phenoxy) is 1. The molecule has 1 aliphatic heterocycles. The molecule has 32 heavy (non-hydrogen) atoms. The van der Waals surface area contributed by atoms with E-state index in [4.69, 9.17) is 21.3 Å². The molecule has 3 aromatic rings. The summed E-state index contributed by atoms with van der Waals surface area (Å²) in [5.41, 5.74) is 3.76. The van der Waals surface area contributed by atoms with E-state index in [2.05, 4.69) is 10.2 Å². The second-order valence-corrected chi connectivity index (χ2v) is 8.42. The van der Waals surface area contributed by atoms with Crippen LogP contribution in [0.15, 0.2) is 48.5 Å². The highest BCUT2D eigenvalue weighted by Crippen LogP contribution is 2.34. The number of anilines is 1. The Labute approximate surface area is 192 Å². The minimum Gasteiger partial charge on any atom is -0.507 e. The van der Waals surface area contributed by atoms with Crippen molar-refractivity contribution in [3.63, 3.8) is 0 Å². The van der Waals surface area contributed by atoms with Crippen LogP contribution in [0.2, 0.25) is 5.02 Å². The number of aromatic hydroxyl groups is 1. The molecule has 0 saturated carbocycles. The van der Waals surface area contributed by atoms with Crippen molar-refractivity contribution >= 4 is 17.4 Å². The van der Waals surface area contributed by atoms with Crippen molar-refractivity contribution in [1.82, 2.24) is 9.88 Å². The topological polar surface area (TPSA) is 57.6 Å². The van der Waals surface area contributed by atoms with Gasteiger partial charge in [0, 0.05) is 25.2 Å². The van der Waals surface area contributed by atoms with Gasteiger partial charge in [0.25, 0.3) is 0 Å². The first-order valence-electron chi connectivity index (χ1n) is 10.8. The Morgan fingerprint density at radius 2 is 1.91 bits per heavy atom. The van der Waals surface area contributed by atoms with E-state index in [1.54, 1.807) is 18.2 Å². The Kier molecular flexibility index (Phi) is 7.25. The normalized spacial score (nSPS) is 14.5. The van der Waals surface area contributed by atoms with Gasteiger partial charge < -0.3 is 15.2 Å². The quantitative estimate of drug-likeness (QED) is 0.470. The largest absolute Gasteiger partial charge is 0.507 e. The van der Waals surface area contributed by atoms with Crippen molar-refractivity contribution in [3.8, 4) is 28.1 Å². The number of phenols is 1. The molecule has 0 unspecified atom stereocenters. The fraction of sp³-hybridized carbons (Fsp3) is 0.320. The smallest absolute Gasteiger partial charge is 0.142 e. The second kappa shape index (κ2) is 10.3. The zero-order chi connectivity index (χ0) is 22.5. The van der Waals surface area contributed by atoms with Crippen LogP contribution in [-0.2, 0) is 4.74 Å². The van der Waals surface area contributed by atoms with E-state index in [-0.39, 0.29) is 10.8 Å². The number of aryl methyl sites for hydroxylation is 1. The van der Waals surface area contributed by atoms with Crippen LogP contribution in [0.1, 0.15) is 12.0 Å². The summed E-state index contributed by atoms with van der Waals surface area (Å²) in [6.45, 7) is 7.22. The Hall–Kier alpha value is -2.67. The van der Waals surface area contributed by atoms with Gasteiger partial charge in [0.1, 0.15) is 17.4 Å². The summed E-state index contributed by atoms with van der Waals surface area (Å²) < 4.78 is 19.5. The number of phenolic OH excluding ortho intramolecular Hbond substituents is 1. The van der Waals surface area contributed by atoms with Crippen molar-refractivity contribution in [3.05, 3.63) is 64.9 Å². The van der Waals surface area contributed by atoms with Crippen LogP contribution in [0.4, 0.5) is 10.2 Å². The van der Waals surface area contributed by atoms with E-state index < -0.39 is 5.82 Å². The van der Waals surface area contributed by atoms with Crippen molar-refractivity contribution < 1.29 is 14.2 Å². The number of hydrogen-bond donors (Lipinski definition) is 2. The van der Waals surface area contributed by atoms with Crippen LogP contribution in [-0.4, -0.2) is 54.4 Å². The number of benzene rings is 2. The predicted octanol–water partition coefficient (Wildman–Crippen LogP) is 5.36. The molecule has 0 aliphatic carbocycles. The highest BCUT2D eigenvalue weighted by atomic mass is 35.5. The predicted molar refractivity (Wildman–Crippen MR) is 127 cm³/mol. The summed E-state index contributed by atoms with van der Waals surface area (Å²) in [4.78, 5) is 7.12. The number of hydrogen-bond acceptors (Lipinski definition) is 5. The summed E-state index contributed by atoms with van der Waals surface area (Å²) >= 11 is 5.87. The number of pyridine rings is 1. The molecule has 2 heterocycles. The second-order valence-electron chi connectivity index (χ2n) is 8.01. The summed E-state index contributed by atoms with van der Waals surface area (Å²) in [5, 5.41) is 13.9. The maximum atomic E-state index is 14.1. The first-order valence-corrected chi connectivity index (χ1v) is 11.2. The average Bonchev–Trinajstić information content (AvgIpc) is 2.80. The Morgan fingerprint density at radius 1 is 1.09 bits per heavy atom. The Balaban J connectivity index is 1.59. The van der Waals surface area contributed by atoms with E-state index in [1.807, 2.05) is 31.2 Å². The lowest BCUT2D eigenvalue weighted by molar-refractivity contribution is 0.0378. The van der Waals surface area contributed by atoms with E-state index >= 15 is 0 Å². The van der Waals surface area contributed by atoms with Gasteiger partial charge in [0.2, 0.25) is 0 Å². The molecule has 4 rings (SSSR count). The first-order chi connectivity index (χ1) is 15.5. The van der Waals surface area contributed by atoms with Crippen LogP contribution in [0, 0.1) is 12.7 Å². The zero-order valence-electron chi connectivity index (χ0n) is 18.1. The lowest BCUT2D eigenvalue weighted by atomic mass is 10.0. The lowest BCUT2D eigenvalue weighted by Crippen LogP contribution is -2.37. The molecular formula is C25H27ClFN3O2. The summed E-state index contributed by atoms with van der Waals surface area (Å²) in [7, 11) is 0. The van der Waals surface area contributed by atoms with E-state index in [0.717, 1.165) is 56.9 Å². The van der Waals surface area contributed by atoms with Crippen LogP contribution in [0.25, 0.3) is 22.4 Å². The molecule has 0 radical (unpaired) electrons. The molecule has 2 N–H and O–H groups in total. The van der Waals surface area contributed by atoms with Crippen LogP contribution < -0.4 is 5.32 Å². The van der Waals surface area contributed by atoms with Gasteiger partial charge in [0.15, 0.2) is 0 Å². The molecule has 0 bridgehead atoms. The summed E-state index contributed by atoms with van der Waals surface area (Å²) in [6, 6.07) is 13.9. The Bertz CT molecular complexity index is 1090. The molecule has 0 spiro atoms. The average molecular weight is 456 g/mol. The third-order valence-corrected chi connectivity index (χ3v) is 5.87. The van der Waals surface area contributed by atoms with Gasteiger partial charge >= 0.3 is 0 Å². The molecule has 1 aromatic heterocycles. The van der Waals surface area contributed by atoms with Crippen LogP contribution >= 0.6 is 11.6 Å². The summed E-state index contributed by atoms with van der Waals surface area (Å²) in [5.74, 6) is 0.359. The van der Waals surface area contributed by atoms with Crippen LogP contribution in [0.5, 0.6) is 5.75 Å². The molecule has 0 atom stereocenters. The molecule has 5 nitrogen and oxygen atoms in total. The van der Waals surface area contributed by atoms with Crippen molar-refractivity contribution in [1.29, 1.82) is 0 Å². The minimum atomic E-state index is -0.471.